The molecule has 0 aliphatic rings. The van der Waals surface area contributed by atoms with E-state index in [4.69, 9.17) is 5.11 Å². The van der Waals surface area contributed by atoms with Crippen molar-refractivity contribution in [2.75, 3.05) is 6.61 Å². The normalized spacial score (nSPS) is 11.9. The summed E-state index contributed by atoms with van der Waals surface area (Å²) in [5, 5.41) is 8.37. The van der Waals surface area contributed by atoms with Gasteiger partial charge in [0, 0.05) is 12.5 Å². The van der Waals surface area contributed by atoms with E-state index < -0.39 is 0 Å². The molecule has 1 N–H and O–H groups in total. The van der Waals surface area contributed by atoms with E-state index in [0.717, 1.165) is 19.1 Å². The predicted octanol–water partition coefficient (Wildman–Crippen LogP) is 3.82. The summed E-state index contributed by atoms with van der Waals surface area (Å²) in [4.78, 5) is 10.0. The van der Waals surface area contributed by atoms with Crippen LogP contribution in [0.4, 0.5) is 0 Å². The summed E-state index contributed by atoms with van der Waals surface area (Å²) in [6.07, 6.45) is 8.11. The second-order valence-electron chi connectivity index (χ2n) is 4.88. The Hall–Kier alpha value is -0.370. The standard InChI is InChI=1S/C7H14O.C7H16O/c1-6(2)4-7(3)5-8;1-2-3-4-5-6-7-8/h5-7H,4H2,1-3H3;8H,2-7H2,1H3. The summed E-state index contributed by atoms with van der Waals surface area (Å²) < 4.78 is 0. The van der Waals surface area contributed by atoms with Gasteiger partial charge in [0.05, 0.1) is 0 Å². The minimum Gasteiger partial charge on any atom is -0.396 e. The van der Waals surface area contributed by atoms with Crippen LogP contribution >= 0.6 is 0 Å². The lowest BCUT2D eigenvalue weighted by Crippen LogP contribution is -1.99. The molecule has 0 spiro atoms. The van der Waals surface area contributed by atoms with E-state index in [-0.39, 0.29) is 5.92 Å². The number of rotatable bonds is 8. The van der Waals surface area contributed by atoms with E-state index in [9.17, 15) is 4.79 Å². The quantitative estimate of drug-likeness (QED) is 0.508. The van der Waals surface area contributed by atoms with Gasteiger partial charge in [-0.1, -0.05) is 53.4 Å². The number of aldehydes is 1. The van der Waals surface area contributed by atoms with Gasteiger partial charge in [0.25, 0.3) is 0 Å². The smallest absolute Gasteiger partial charge is 0.122 e. The van der Waals surface area contributed by atoms with Gasteiger partial charge in [0.1, 0.15) is 6.29 Å². The van der Waals surface area contributed by atoms with Crippen LogP contribution in [0.5, 0.6) is 0 Å². The number of carbonyl (C=O) groups is 1. The molecule has 0 fully saturated rings. The predicted molar refractivity (Wildman–Crippen MR) is 70.5 cm³/mol. The maximum Gasteiger partial charge on any atom is 0.122 e. The molecule has 0 rings (SSSR count). The lowest BCUT2D eigenvalue weighted by molar-refractivity contribution is -0.111. The Balaban J connectivity index is 0. The average Bonchev–Trinajstić information content (AvgIpc) is 2.24. The van der Waals surface area contributed by atoms with Crippen LogP contribution in [-0.4, -0.2) is 18.0 Å². The maximum absolute atomic E-state index is 10.0. The Morgan fingerprint density at radius 2 is 1.62 bits per heavy atom. The van der Waals surface area contributed by atoms with E-state index in [1.165, 1.54) is 25.7 Å². The molecule has 0 saturated carbocycles. The largest absolute Gasteiger partial charge is 0.396 e. The van der Waals surface area contributed by atoms with Crippen molar-refractivity contribution in [1.82, 2.24) is 0 Å². The number of hydrogen-bond acceptors (Lipinski definition) is 2. The zero-order valence-electron chi connectivity index (χ0n) is 11.5. The van der Waals surface area contributed by atoms with E-state index in [2.05, 4.69) is 20.8 Å². The first kappa shape index (κ1) is 18.0. The van der Waals surface area contributed by atoms with Gasteiger partial charge in [-0.15, -0.1) is 0 Å². The number of aliphatic hydroxyl groups excluding tert-OH is 1. The Labute approximate surface area is 101 Å². The molecule has 1 atom stereocenters. The summed E-state index contributed by atoms with van der Waals surface area (Å²) in [5.41, 5.74) is 0. The van der Waals surface area contributed by atoms with Crippen LogP contribution in [0.3, 0.4) is 0 Å². The van der Waals surface area contributed by atoms with E-state index in [0.29, 0.717) is 12.5 Å². The van der Waals surface area contributed by atoms with Crippen molar-refractivity contribution in [3.05, 3.63) is 0 Å². The number of aliphatic hydroxyl groups is 1. The van der Waals surface area contributed by atoms with Crippen LogP contribution in [-0.2, 0) is 4.79 Å². The second-order valence-corrected chi connectivity index (χ2v) is 4.88. The summed E-state index contributed by atoms with van der Waals surface area (Å²) in [6.45, 7) is 8.76. The van der Waals surface area contributed by atoms with Crippen LogP contribution in [0.15, 0.2) is 0 Å². The molecule has 16 heavy (non-hydrogen) atoms. The molecule has 0 aliphatic carbocycles. The van der Waals surface area contributed by atoms with Crippen molar-refractivity contribution in [3.63, 3.8) is 0 Å². The van der Waals surface area contributed by atoms with Crippen LogP contribution < -0.4 is 0 Å². The fraction of sp³-hybridized carbons (Fsp3) is 0.929. The zero-order valence-corrected chi connectivity index (χ0v) is 11.5. The Kier molecular flexibility index (Phi) is 16.5. The van der Waals surface area contributed by atoms with Gasteiger partial charge in [-0.25, -0.2) is 0 Å². The second kappa shape index (κ2) is 14.6. The average molecular weight is 230 g/mol. The minimum atomic E-state index is 0.245. The molecule has 0 aromatic rings. The third kappa shape index (κ3) is 19.2. The van der Waals surface area contributed by atoms with Crippen molar-refractivity contribution in [1.29, 1.82) is 0 Å². The summed E-state index contributed by atoms with van der Waals surface area (Å²) in [7, 11) is 0. The molecule has 98 valence electrons. The molecule has 0 bridgehead atoms. The van der Waals surface area contributed by atoms with Gasteiger partial charge >= 0.3 is 0 Å². The van der Waals surface area contributed by atoms with Crippen molar-refractivity contribution in [2.45, 2.75) is 66.2 Å². The molecule has 2 heteroatoms. The zero-order chi connectivity index (χ0) is 12.8. The Morgan fingerprint density at radius 1 is 1.06 bits per heavy atom. The third-order valence-corrected chi connectivity index (χ3v) is 2.34. The summed E-state index contributed by atoms with van der Waals surface area (Å²) >= 11 is 0. The van der Waals surface area contributed by atoms with Gasteiger partial charge in [0.15, 0.2) is 0 Å². The van der Waals surface area contributed by atoms with E-state index >= 15 is 0 Å². The molecule has 0 saturated heterocycles. The number of carbonyl (C=O) groups excluding carboxylic acids is 1. The van der Waals surface area contributed by atoms with Gasteiger partial charge in [-0.2, -0.15) is 0 Å². The van der Waals surface area contributed by atoms with Crippen LogP contribution in [0.25, 0.3) is 0 Å². The molecule has 0 aliphatic heterocycles. The lowest BCUT2D eigenvalue weighted by atomic mass is 10.0. The van der Waals surface area contributed by atoms with Crippen LogP contribution in [0.2, 0.25) is 0 Å². The SMILES string of the molecule is CC(C)CC(C)C=O.CCCCCCCO. The molecule has 1 unspecified atom stereocenters. The maximum atomic E-state index is 10.0. The molecule has 0 aromatic carbocycles. The molecular weight excluding hydrogens is 200 g/mol. The van der Waals surface area contributed by atoms with Gasteiger partial charge in [0.2, 0.25) is 0 Å². The Morgan fingerprint density at radius 3 is 1.94 bits per heavy atom. The van der Waals surface area contributed by atoms with Crippen molar-refractivity contribution in [3.8, 4) is 0 Å². The minimum absolute atomic E-state index is 0.245. The molecular formula is C14H30O2. The number of hydrogen-bond donors (Lipinski definition) is 1. The highest BCUT2D eigenvalue weighted by molar-refractivity contribution is 5.52. The molecule has 2 nitrogen and oxygen atoms in total. The van der Waals surface area contributed by atoms with E-state index in [1.807, 2.05) is 6.92 Å². The first-order valence-electron chi connectivity index (χ1n) is 6.64. The van der Waals surface area contributed by atoms with Gasteiger partial charge < -0.3 is 9.90 Å². The van der Waals surface area contributed by atoms with Crippen molar-refractivity contribution in [2.24, 2.45) is 11.8 Å². The molecule has 0 radical (unpaired) electrons. The van der Waals surface area contributed by atoms with Gasteiger partial charge in [-0.3, -0.25) is 0 Å². The Bertz CT molecular complexity index is 127. The van der Waals surface area contributed by atoms with Crippen LogP contribution in [0.1, 0.15) is 66.2 Å². The summed E-state index contributed by atoms with van der Waals surface area (Å²) in [6, 6.07) is 0. The highest BCUT2D eigenvalue weighted by Crippen LogP contribution is 2.07. The fourth-order valence-corrected chi connectivity index (χ4v) is 1.51. The lowest BCUT2D eigenvalue weighted by Gasteiger charge is -2.04. The monoisotopic (exact) mass is 230 g/mol. The topological polar surface area (TPSA) is 37.3 Å². The van der Waals surface area contributed by atoms with Gasteiger partial charge in [-0.05, 0) is 18.8 Å². The van der Waals surface area contributed by atoms with Crippen molar-refractivity contribution >= 4 is 6.29 Å². The third-order valence-electron chi connectivity index (χ3n) is 2.34. The fourth-order valence-electron chi connectivity index (χ4n) is 1.51. The first-order valence-corrected chi connectivity index (χ1v) is 6.64. The highest BCUT2D eigenvalue weighted by atomic mass is 16.2. The molecule has 0 aromatic heterocycles. The molecule has 0 heterocycles. The summed E-state index contributed by atoms with van der Waals surface area (Å²) in [5.74, 6) is 0.894. The van der Waals surface area contributed by atoms with E-state index in [1.54, 1.807) is 0 Å². The number of unbranched alkanes of at least 4 members (excludes halogenated alkanes) is 4. The van der Waals surface area contributed by atoms with Crippen LogP contribution in [0, 0.1) is 11.8 Å². The molecule has 0 amide bonds. The first-order chi connectivity index (χ1) is 7.58. The van der Waals surface area contributed by atoms with Crippen molar-refractivity contribution < 1.29 is 9.90 Å². The highest BCUT2D eigenvalue weighted by Gasteiger charge is 2.00.